The molecule has 3 aliphatic rings. The lowest BCUT2D eigenvalue weighted by Gasteiger charge is -2.25. The fourth-order valence-corrected chi connectivity index (χ4v) is 4.90. The SMILES string of the molecule is O=C(CN1CCOCC1)Nc1ccc(NC(=O)C2CC(=O)N(c3ccc4c(c3)CCC4)C2)cc1. The molecule has 8 heteroatoms. The summed E-state index contributed by atoms with van der Waals surface area (Å²) in [5.41, 5.74) is 4.88. The molecule has 8 nitrogen and oxygen atoms in total. The van der Waals surface area contributed by atoms with Crippen molar-refractivity contribution in [3.05, 3.63) is 53.6 Å². The first-order valence-corrected chi connectivity index (χ1v) is 12.0. The molecule has 0 saturated carbocycles. The maximum Gasteiger partial charge on any atom is 0.238 e. The lowest BCUT2D eigenvalue weighted by atomic mass is 10.1. The van der Waals surface area contributed by atoms with Crippen LogP contribution >= 0.6 is 0 Å². The van der Waals surface area contributed by atoms with E-state index in [4.69, 9.17) is 4.74 Å². The van der Waals surface area contributed by atoms with Crippen molar-refractivity contribution in [3.8, 4) is 0 Å². The fourth-order valence-electron chi connectivity index (χ4n) is 4.90. The van der Waals surface area contributed by atoms with Crippen LogP contribution in [0.4, 0.5) is 17.1 Å². The number of ether oxygens (including phenoxy) is 1. The predicted octanol–water partition coefficient (Wildman–Crippen LogP) is 2.44. The summed E-state index contributed by atoms with van der Waals surface area (Å²) in [6.45, 7) is 3.54. The molecule has 0 radical (unpaired) electrons. The van der Waals surface area contributed by atoms with Gasteiger partial charge in [-0.2, -0.15) is 0 Å². The maximum atomic E-state index is 12.8. The van der Waals surface area contributed by atoms with Gasteiger partial charge in [-0.3, -0.25) is 19.3 Å². The third-order valence-corrected chi connectivity index (χ3v) is 6.80. The van der Waals surface area contributed by atoms with Crippen LogP contribution in [0.15, 0.2) is 42.5 Å². The number of nitrogens with zero attached hydrogens (tertiary/aromatic N) is 2. The molecule has 0 spiro atoms. The smallest absolute Gasteiger partial charge is 0.238 e. The quantitative estimate of drug-likeness (QED) is 0.688. The van der Waals surface area contributed by atoms with Gasteiger partial charge < -0.3 is 20.3 Å². The van der Waals surface area contributed by atoms with Gasteiger partial charge in [0.1, 0.15) is 0 Å². The van der Waals surface area contributed by atoms with Crippen LogP contribution in [0.3, 0.4) is 0 Å². The van der Waals surface area contributed by atoms with Crippen molar-refractivity contribution in [1.29, 1.82) is 0 Å². The number of carbonyl (C=O) groups excluding carboxylic acids is 3. The van der Waals surface area contributed by atoms with Crippen LogP contribution in [0.5, 0.6) is 0 Å². The van der Waals surface area contributed by atoms with Gasteiger partial charge in [0, 0.05) is 43.1 Å². The molecule has 1 unspecified atom stereocenters. The summed E-state index contributed by atoms with van der Waals surface area (Å²) in [6.07, 6.45) is 3.52. The molecule has 0 aromatic heterocycles. The lowest BCUT2D eigenvalue weighted by molar-refractivity contribution is -0.122. The average Bonchev–Trinajstić information content (AvgIpc) is 3.47. The molecule has 1 atom stereocenters. The summed E-state index contributed by atoms with van der Waals surface area (Å²) >= 11 is 0. The van der Waals surface area contributed by atoms with Gasteiger partial charge in [0.25, 0.3) is 0 Å². The lowest BCUT2D eigenvalue weighted by Crippen LogP contribution is -2.41. The van der Waals surface area contributed by atoms with Crippen molar-refractivity contribution in [2.24, 2.45) is 5.92 Å². The minimum Gasteiger partial charge on any atom is -0.379 e. The van der Waals surface area contributed by atoms with Gasteiger partial charge in [-0.1, -0.05) is 6.07 Å². The standard InChI is InChI=1S/C26H30N4O4/c31-24(17-29-10-12-34-13-11-29)27-21-5-7-22(8-6-21)28-26(33)20-15-25(32)30(16-20)23-9-4-18-2-1-3-19(18)14-23/h4-9,14,20H,1-3,10-13,15-17H2,(H,27,31)(H,28,33). The highest BCUT2D eigenvalue weighted by molar-refractivity contribution is 6.03. The Labute approximate surface area is 199 Å². The molecule has 2 N–H and O–H groups in total. The normalized spacial score (nSPS) is 20.3. The Morgan fingerprint density at radius 1 is 0.941 bits per heavy atom. The number of anilines is 3. The Hall–Kier alpha value is -3.23. The molecule has 34 heavy (non-hydrogen) atoms. The predicted molar refractivity (Wildman–Crippen MR) is 130 cm³/mol. The zero-order valence-corrected chi connectivity index (χ0v) is 19.2. The van der Waals surface area contributed by atoms with Crippen LogP contribution < -0.4 is 15.5 Å². The number of rotatable bonds is 6. The molecule has 2 saturated heterocycles. The van der Waals surface area contributed by atoms with Crippen LogP contribution in [-0.2, 0) is 32.0 Å². The molecule has 0 bridgehead atoms. The van der Waals surface area contributed by atoms with E-state index in [0.29, 0.717) is 37.7 Å². The topological polar surface area (TPSA) is 91.0 Å². The zero-order valence-electron chi connectivity index (χ0n) is 19.2. The highest BCUT2D eigenvalue weighted by Gasteiger charge is 2.35. The van der Waals surface area contributed by atoms with E-state index in [1.807, 2.05) is 6.07 Å². The van der Waals surface area contributed by atoms with E-state index in [-0.39, 0.29) is 24.1 Å². The Bertz CT molecular complexity index is 1080. The Kier molecular flexibility index (Phi) is 6.60. The second-order valence-electron chi connectivity index (χ2n) is 9.22. The molecule has 2 fully saturated rings. The zero-order chi connectivity index (χ0) is 23.5. The fraction of sp³-hybridized carbons (Fsp3) is 0.423. The van der Waals surface area contributed by atoms with Gasteiger partial charge in [0.05, 0.1) is 25.7 Å². The number of carbonyl (C=O) groups is 3. The Balaban J connectivity index is 1.14. The average molecular weight is 463 g/mol. The summed E-state index contributed by atoms with van der Waals surface area (Å²) in [5, 5.41) is 5.80. The first-order chi connectivity index (χ1) is 16.5. The van der Waals surface area contributed by atoms with Crippen molar-refractivity contribution in [3.63, 3.8) is 0 Å². The molecule has 2 aromatic rings. The van der Waals surface area contributed by atoms with E-state index in [1.165, 1.54) is 11.1 Å². The summed E-state index contributed by atoms with van der Waals surface area (Å²) in [7, 11) is 0. The third kappa shape index (κ3) is 5.13. The van der Waals surface area contributed by atoms with E-state index in [1.54, 1.807) is 29.2 Å². The van der Waals surface area contributed by atoms with Crippen molar-refractivity contribution in [2.75, 3.05) is 54.9 Å². The summed E-state index contributed by atoms with van der Waals surface area (Å²) in [6, 6.07) is 13.3. The first kappa shape index (κ1) is 22.6. The van der Waals surface area contributed by atoms with Gasteiger partial charge in [-0.25, -0.2) is 0 Å². The molecule has 5 rings (SSSR count). The minimum absolute atomic E-state index is 0.0172. The number of morpholine rings is 1. The number of nitrogens with one attached hydrogen (secondary N) is 2. The van der Waals surface area contributed by atoms with Gasteiger partial charge >= 0.3 is 0 Å². The van der Waals surface area contributed by atoms with Gasteiger partial charge in [-0.05, 0) is 66.8 Å². The number of amides is 3. The van der Waals surface area contributed by atoms with Crippen LogP contribution in [0, 0.1) is 5.92 Å². The first-order valence-electron chi connectivity index (χ1n) is 12.0. The molecule has 2 heterocycles. The number of benzene rings is 2. The highest BCUT2D eigenvalue weighted by Crippen LogP contribution is 2.31. The van der Waals surface area contributed by atoms with Gasteiger partial charge in [-0.15, -0.1) is 0 Å². The second-order valence-corrected chi connectivity index (χ2v) is 9.22. The number of fused-ring (bicyclic) bond motifs is 1. The van der Waals surface area contributed by atoms with Crippen LogP contribution in [0.2, 0.25) is 0 Å². The number of hydrogen-bond acceptors (Lipinski definition) is 5. The van der Waals surface area contributed by atoms with Crippen molar-refractivity contribution >= 4 is 34.8 Å². The molecule has 178 valence electrons. The summed E-state index contributed by atoms with van der Waals surface area (Å²) in [4.78, 5) is 41.5. The van der Waals surface area contributed by atoms with E-state index in [9.17, 15) is 14.4 Å². The van der Waals surface area contributed by atoms with Crippen molar-refractivity contribution in [2.45, 2.75) is 25.7 Å². The summed E-state index contributed by atoms with van der Waals surface area (Å²) in [5.74, 6) is -0.652. The largest absolute Gasteiger partial charge is 0.379 e. The minimum atomic E-state index is -0.395. The molecular weight excluding hydrogens is 432 g/mol. The molecular formula is C26H30N4O4. The molecule has 3 amide bonds. The van der Waals surface area contributed by atoms with Crippen molar-refractivity contribution < 1.29 is 19.1 Å². The second kappa shape index (κ2) is 9.95. The van der Waals surface area contributed by atoms with E-state index in [2.05, 4.69) is 27.7 Å². The van der Waals surface area contributed by atoms with Crippen LogP contribution in [0.25, 0.3) is 0 Å². The van der Waals surface area contributed by atoms with Gasteiger partial charge in [0.15, 0.2) is 0 Å². The number of hydrogen-bond donors (Lipinski definition) is 2. The monoisotopic (exact) mass is 462 g/mol. The summed E-state index contributed by atoms with van der Waals surface area (Å²) < 4.78 is 5.30. The Morgan fingerprint density at radius 2 is 1.65 bits per heavy atom. The molecule has 1 aliphatic carbocycles. The van der Waals surface area contributed by atoms with Crippen molar-refractivity contribution in [1.82, 2.24) is 4.90 Å². The van der Waals surface area contributed by atoms with Gasteiger partial charge in [0.2, 0.25) is 17.7 Å². The highest BCUT2D eigenvalue weighted by atomic mass is 16.5. The Morgan fingerprint density at radius 3 is 2.41 bits per heavy atom. The number of aryl methyl sites for hydroxylation is 2. The van der Waals surface area contributed by atoms with E-state index in [0.717, 1.165) is 38.0 Å². The maximum absolute atomic E-state index is 12.8. The van der Waals surface area contributed by atoms with E-state index < -0.39 is 5.92 Å². The van der Waals surface area contributed by atoms with E-state index >= 15 is 0 Å². The van der Waals surface area contributed by atoms with Crippen LogP contribution in [-0.4, -0.2) is 62.0 Å². The molecule has 2 aromatic carbocycles. The van der Waals surface area contributed by atoms with Crippen LogP contribution in [0.1, 0.15) is 24.0 Å². The third-order valence-electron chi connectivity index (χ3n) is 6.80. The molecule has 2 aliphatic heterocycles.